The number of halogens is 1. The van der Waals surface area contributed by atoms with E-state index in [1.807, 2.05) is 0 Å². The van der Waals surface area contributed by atoms with Crippen molar-refractivity contribution in [2.45, 2.75) is 24.5 Å². The second-order valence-corrected chi connectivity index (χ2v) is 9.33. The molecule has 0 N–H and O–H groups in total. The van der Waals surface area contributed by atoms with Gasteiger partial charge in [-0.3, -0.25) is 4.57 Å². The summed E-state index contributed by atoms with van der Waals surface area (Å²) in [7, 11) is 0. The average molecular weight is 575 g/mol. The smallest absolute Gasteiger partial charge is 0.351 e. The van der Waals surface area contributed by atoms with E-state index in [1.165, 1.54) is 12.3 Å². The van der Waals surface area contributed by atoms with E-state index in [1.54, 1.807) is 91.0 Å². The van der Waals surface area contributed by atoms with E-state index in [0.29, 0.717) is 5.56 Å². The van der Waals surface area contributed by atoms with Gasteiger partial charge in [-0.1, -0.05) is 66.2 Å². The lowest BCUT2D eigenvalue weighted by Gasteiger charge is -2.25. The van der Waals surface area contributed by atoms with Crippen LogP contribution in [0.4, 0.5) is 0 Å². The van der Waals surface area contributed by atoms with E-state index in [4.69, 9.17) is 30.5 Å². The number of aromatic nitrogens is 2. The molecule has 3 aromatic carbocycles. The molecule has 4 aromatic rings. The molecule has 0 saturated carbocycles. The molecule has 10 nitrogen and oxygen atoms in total. The highest BCUT2D eigenvalue weighted by Gasteiger charge is 2.51. The summed E-state index contributed by atoms with van der Waals surface area (Å²) < 4.78 is 24.3. The van der Waals surface area contributed by atoms with Gasteiger partial charge in [0, 0.05) is 6.20 Å². The van der Waals surface area contributed by atoms with Gasteiger partial charge in [-0.25, -0.2) is 19.2 Å². The Hall–Kier alpha value is -4.80. The summed E-state index contributed by atoms with van der Waals surface area (Å²) >= 11 is 5.88. The van der Waals surface area contributed by atoms with Crippen LogP contribution in [0.25, 0.3) is 0 Å². The highest BCUT2D eigenvalue weighted by molar-refractivity contribution is 6.29. The molecule has 1 aliphatic heterocycles. The van der Waals surface area contributed by atoms with Gasteiger partial charge in [0.2, 0.25) is 0 Å². The van der Waals surface area contributed by atoms with Crippen molar-refractivity contribution < 1.29 is 33.3 Å². The minimum atomic E-state index is -1.34. The largest absolute Gasteiger partial charge is 0.459 e. The van der Waals surface area contributed by atoms with Crippen molar-refractivity contribution in [3.63, 3.8) is 0 Å². The number of ether oxygens (including phenoxy) is 4. The van der Waals surface area contributed by atoms with Gasteiger partial charge < -0.3 is 18.9 Å². The molecule has 1 saturated heterocycles. The van der Waals surface area contributed by atoms with Crippen LogP contribution in [0.15, 0.2) is 108 Å². The van der Waals surface area contributed by atoms with Crippen LogP contribution in [0.1, 0.15) is 37.3 Å². The molecule has 208 valence electrons. The second kappa shape index (κ2) is 12.6. The topological polar surface area (TPSA) is 123 Å². The van der Waals surface area contributed by atoms with Gasteiger partial charge in [-0.05, 0) is 42.5 Å². The zero-order valence-electron chi connectivity index (χ0n) is 21.4. The fraction of sp³-hybridized carbons (Fsp3) is 0.167. The van der Waals surface area contributed by atoms with Gasteiger partial charge in [0.15, 0.2) is 18.4 Å². The minimum Gasteiger partial charge on any atom is -0.459 e. The number of hydrogen-bond donors (Lipinski definition) is 0. The standard InChI is InChI=1S/C30H23ClN2O8/c31-23-16-17-33(30(37)32-23)26-25(41-29(36)21-14-8-3-9-15-21)24(40-28(35)20-12-6-2-7-13-20)22(39-26)18-38-27(34)19-10-4-1-5-11-19/h1-17,22,24-26H,18H2/t22-,24-,25-,26?/m1/s1. The number of benzene rings is 3. The Bertz CT molecular complexity index is 1580. The molecule has 0 radical (unpaired) electrons. The van der Waals surface area contributed by atoms with Gasteiger partial charge in [0.05, 0.1) is 16.7 Å². The van der Waals surface area contributed by atoms with Crippen molar-refractivity contribution in [1.29, 1.82) is 0 Å². The molecule has 1 aliphatic rings. The predicted octanol–water partition coefficient (Wildman–Crippen LogP) is 4.10. The van der Waals surface area contributed by atoms with Crippen molar-refractivity contribution in [2.75, 3.05) is 6.61 Å². The van der Waals surface area contributed by atoms with Crippen LogP contribution in [0.5, 0.6) is 0 Å². The maximum Gasteiger partial charge on any atom is 0.351 e. The quantitative estimate of drug-likeness (QED) is 0.174. The summed E-state index contributed by atoms with van der Waals surface area (Å²) in [5, 5.41) is -0.0533. The Morgan fingerprint density at radius 2 is 1.22 bits per heavy atom. The Balaban J connectivity index is 1.49. The number of rotatable bonds is 8. The first-order valence-electron chi connectivity index (χ1n) is 12.5. The summed E-state index contributed by atoms with van der Waals surface area (Å²) in [6, 6.07) is 26.0. The van der Waals surface area contributed by atoms with Crippen LogP contribution in [0.2, 0.25) is 5.15 Å². The third-order valence-electron chi connectivity index (χ3n) is 6.25. The third kappa shape index (κ3) is 6.51. The van der Waals surface area contributed by atoms with Crippen LogP contribution < -0.4 is 5.69 Å². The highest BCUT2D eigenvalue weighted by atomic mass is 35.5. The predicted molar refractivity (Wildman–Crippen MR) is 145 cm³/mol. The van der Waals surface area contributed by atoms with E-state index in [9.17, 15) is 19.2 Å². The molecular weight excluding hydrogens is 552 g/mol. The molecule has 2 heterocycles. The Labute approximate surface area is 239 Å². The van der Waals surface area contributed by atoms with Gasteiger partial charge in [0.1, 0.15) is 17.9 Å². The molecule has 41 heavy (non-hydrogen) atoms. The van der Waals surface area contributed by atoms with Crippen LogP contribution in [0, 0.1) is 0 Å². The maximum atomic E-state index is 13.1. The van der Waals surface area contributed by atoms with E-state index in [2.05, 4.69) is 4.98 Å². The summed E-state index contributed by atoms with van der Waals surface area (Å²) in [6.07, 6.45) is -3.73. The Kier molecular flexibility index (Phi) is 8.52. The molecule has 4 atom stereocenters. The molecule has 5 rings (SSSR count). The molecule has 0 bridgehead atoms. The van der Waals surface area contributed by atoms with Crippen molar-refractivity contribution in [3.05, 3.63) is 136 Å². The average Bonchev–Trinajstić information content (AvgIpc) is 3.33. The van der Waals surface area contributed by atoms with Crippen LogP contribution in [-0.2, 0) is 18.9 Å². The molecule has 1 unspecified atom stereocenters. The van der Waals surface area contributed by atoms with Gasteiger partial charge in [0.25, 0.3) is 0 Å². The van der Waals surface area contributed by atoms with Crippen LogP contribution in [0.3, 0.4) is 0 Å². The second-order valence-electron chi connectivity index (χ2n) is 8.94. The van der Waals surface area contributed by atoms with Gasteiger partial charge in [-0.15, -0.1) is 0 Å². The normalized spacial score (nSPS) is 19.7. The van der Waals surface area contributed by atoms with Crippen molar-refractivity contribution in [3.8, 4) is 0 Å². The van der Waals surface area contributed by atoms with E-state index < -0.39 is 48.1 Å². The lowest BCUT2D eigenvalue weighted by molar-refractivity contribution is -0.0639. The fourth-order valence-corrected chi connectivity index (χ4v) is 4.40. The van der Waals surface area contributed by atoms with Crippen molar-refractivity contribution >= 4 is 29.5 Å². The van der Waals surface area contributed by atoms with Gasteiger partial charge in [-0.2, -0.15) is 4.98 Å². The van der Waals surface area contributed by atoms with Crippen molar-refractivity contribution in [2.24, 2.45) is 0 Å². The molecule has 0 aliphatic carbocycles. The molecule has 0 amide bonds. The molecule has 1 aromatic heterocycles. The van der Waals surface area contributed by atoms with Crippen LogP contribution >= 0.6 is 11.6 Å². The lowest BCUT2D eigenvalue weighted by atomic mass is 10.1. The highest BCUT2D eigenvalue weighted by Crippen LogP contribution is 2.35. The monoisotopic (exact) mass is 574 g/mol. The van der Waals surface area contributed by atoms with E-state index >= 15 is 0 Å². The van der Waals surface area contributed by atoms with E-state index in [0.717, 1.165) is 4.57 Å². The molecular formula is C30H23ClN2O8. The third-order valence-corrected chi connectivity index (χ3v) is 6.46. The number of hydrogen-bond acceptors (Lipinski definition) is 9. The first-order valence-corrected chi connectivity index (χ1v) is 12.9. The first-order chi connectivity index (χ1) is 19.9. The summed E-state index contributed by atoms with van der Waals surface area (Å²) in [5.41, 5.74) is -0.0438. The lowest BCUT2D eigenvalue weighted by Crippen LogP contribution is -2.42. The number of esters is 3. The van der Waals surface area contributed by atoms with Crippen LogP contribution in [-0.4, -0.2) is 52.4 Å². The number of carbonyl (C=O) groups excluding carboxylic acids is 3. The first kappa shape index (κ1) is 27.8. The maximum absolute atomic E-state index is 13.1. The molecule has 0 spiro atoms. The Morgan fingerprint density at radius 1 is 0.732 bits per heavy atom. The SMILES string of the molecule is O=C(OC[C@H]1OC(n2ccc(Cl)nc2=O)[C@H](OC(=O)c2ccccc2)[C@@H]1OC(=O)c1ccccc1)c1ccccc1. The summed E-state index contributed by atoms with van der Waals surface area (Å²) in [5.74, 6) is -2.13. The van der Waals surface area contributed by atoms with Gasteiger partial charge >= 0.3 is 23.6 Å². The van der Waals surface area contributed by atoms with E-state index in [-0.39, 0.29) is 22.9 Å². The Morgan fingerprint density at radius 3 is 1.73 bits per heavy atom. The fourth-order valence-electron chi connectivity index (χ4n) is 4.27. The van der Waals surface area contributed by atoms with Crippen molar-refractivity contribution in [1.82, 2.24) is 9.55 Å². The molecule has 11 heteroatoms. The summed E-state index contributed by atoms with van der Waals surface area (Å²) in [4.78, 5) is 55.5. The summed E-state index contributed by atoms with van der Waals surface area (Å²) in [6.45, 7) is -0.383. The number of carbonyl (C=O) groups is 3. The molecule has 1 fully saturated rings. The zero-order chi connectivity index (χ0) is 28.8. The zero-order valence-corrected chi connectivity index (χ0v) is 22.1. The number of nitrogens with zero attached hydrogens (tertiary/aromatic N) is 2. The minimum absolute atomic E-state index is 0.0533.